The number of hydrogen-bond acceptors (Lipinski definition) is 7. The number of carbonyl (C=O) groups excluding carboxylic acids is 2. The molecule has 3 atom stereocenters. The van der Waals surface area contributed by atoms with Crippen LogP contribution in [0.1, 0.15) is 41.8 Å². The van der Waals surface area contributed by atoms with Crippen molar-refractivity contribution in [2.75, 3.05) is 17.7 Å². The van der Waals surface area contributed by atoms with Gasteiger partial charge in [0, 0.05) is 29.9 Å². The van der Waals surface area contributed by atoms with Gasteiger partial charge in [0.1, 0.15) is 28.8 Å². The minimum atomic E-state index is -1.46. The van der Waals surface area contributed by atoms with Gasteiger partial charge in [0.25, 0.3) is 5.91 Å². The summed E-state index contributed by atoms with van der Waals surface area (Å²) in [4.78, 5) is 23.6. The number of halogens is 1. The number of aromatic nitrogens is 2. The number of aryl methyl sites for hydroxylation is 1. The number of nitrogens with one attached hydrogen (secondary N) is 2. The van der Waals surface area contributed by atoms with Crippen LogP contribution in [-0.4, -0.2) is 41.1 Å². The van der Waals surface area contributed by atoms with Gasteiger partial charge in [-0.3, -0.25) is 14.8 Å². The highest BCUT2D eigenvalue weighted by molar-refractivity contribution is 6.00. The number of primary amides is 1. The quantitative estimate of drug-likeness (QED) is 0.442. The fraction of sp³-hybridized carbons (Fsp3) is 0.360. The Kier molecular flexibility index (Phi) is 6.96. The number of nitrogens with zero attached hydrogens (tertiary/aromatic N) is 3. The largest absolute Gasteiger partial charge is 0.461 e. The van der Waals surface area contributed by atoms with E-state index >= 15 is 4.39 Å². The molecule has 0 saturated heterocycles. The van der Waals surface area contributed by atoms with Crippen LogP contribution in [0, 0.1) is 18.3 Å². The summed E-state index contributed by atoms with van der Waals surface area (Å²) in [5.41, 5.74) is 5.79. The van der Waals surface area contributed by atoms with Crippen LogP contribution in [0.15, 0.2) is 47.0 Å². The number of anilines is 2. The second kappa shape index (κ2) is 10.1. The molecule has 0 bridgehead atoms. The highest BCUT2D eigenvalue weighted by atomic mass is 19.1. The molecular formula is C25H27FN6O4. The first kappa shape index (κ1) is 24.8. The van der Waals surface area contributed by atoms with Crippen LogP contribution in [0.25, 0.3) is 11.3 Å². The number of ether oxygens (including phenoxy) is 1. The van der Waals surface area contributed by atoms with E-state index in [2.05, 4.69) is 20.5 Å². The van der Waals surface area contributed by atoms with E-state index in [9.17, 15) is 14.9 Å². The van der Waals surface area contributed by atoms with E-state index in [1.165, 1.54) is 10.9 Å². The molecule has 1 saturated carbocycles. The number of amides is 2. The van der Waals surface area contributed by atoms with Crippen molar-refractivity contribution in [2.24, 2.45) is 5.73 Å². The van der Waals surface area contributed by atoms with Gasteiger partial charge in [-0.25, -0.2) is 9.18 Å². The zero-order chi connectivity index (χ0) is 25.9. The molecule has 2 heterocycles. The lowest BCUT2D eigenvalue weighted by molar-refractivity contribution is 0.0519. The van der Waals surface area contributed by atoms with Gasteiger partial charge in [-0.05, 0) is 56.2 Å². The highest BCUT2D eigenvalue weighted by Crippen LogP contribution is 2.41. The smallest absolute Gasteiger partial charge is 0.412 e. The molecule has 11 heteroatoms. The standard InChI is InChI=1S/C25H27FN6O4/c1-15-3-8-20(36-15)16-4-6-17(7-5-16)29-18-9-10-25(11-12-27,21(26)13-18)32-14-19(22(28)33)23(31-32)30-24(34)35-2/h3-8,14,18,21,29H,9-11,13H2,1-2H3,(H2,28,33)(H,30,31,34). The van der Waals surface area contributed by atoms with Gasteiger partial charge in [-0.15, -0.1) is 0 Å². The minimum Gasteiger partial charge on any atom is -0.461 e. The number of methoxy groups -OCH3 is 1. The highest BCUT2D eigenvalue weighted by Gasteiger charge is 2.47. The van der Waals surface area contributed by atoms with E-state index in [-0.39, 0.29) is 36.7 Å². The summed E-state index contributed by atoms with van der Waals surface area (Å²) in [7, 11) is 1.16. The van der Waals surface area contributed by atoms with Gasteiger partial charge < -0.3 is 20.2 Å². The average Bonchev–Trinajstić information content (AvgIpc) is 3.48. The van der Waals surface area contributed by atoms with Crippen molar-refractivity contribution in [3.05, 3.63) is 53.9 Å². The van der Waals surface area contributed by atoms with Gasteiger partial charge in [0.05, 0.1) is 19.6 Å². The monoisotopic (exact) mass is 494 g/mol. The Morgan fingerprint density at radius 1 is 1.33 bits per heavy atom. The Labute approximate surface area is 207 Å². The van der Waals surface area contributed by atoms with E-state index in [0.29, 0.717) is 6.42 Å². The number of rotatable bonds is 7. The van der Waals surface area contributed by atoms with E-state index in [1.807, 2.05) is 49.4 Å². The molecule has 0 radical (unpaired) electrons. The fourth-order valence-corrected chi connectivity index (χ4v) is 4.55. The van der Waals surface area contributed by atoms with Crippen molar-refractivity contribution in [1.29, 1.82) is 5.26 Å². The molecule has 1 aliphatic rings. The van der Waals surface area contributed by atoms with Crippen LogP contribution in [0.3, 0.4) is 0 Å². The molecule has 4 N–H and O–H groups in total. The maximum atomic E-state index is 15.8. The van der Waals surface area contributed by atoms with Crippen LogP contribution >= 0.6 is 0 Å². The van der Waals surface area contributed by atoms with Crippen LogP contribution in [0.5, 0.6) is 0 Å². The number of alkyl halides is 1. The molecule has 2 aromatic heterocycles. The summed E-state index contributed by atoms with van der Waals surface area (Å²) < 4.78 is 27.2. The second-order valence-electron chi connectivity index (χ2n) is 8.83. The summed E-state index contributed by atoms with van der Waals surface area (Å²) >= 11 is 0. The van der Waals surface area contributed by atoms with Crippen LogP contribution < -0.4 is 16.4 Å². The van der Waals surface area contributed by atoms with Crippen molar-refractivity contribution >= 4 is 23.5 Å². The first-order chi connectivity index (χ1) is 17.3. The summed E-state index contributed by atoms with van der Waals surface area (Å²) in [6.45, 7) is 1.89. The van der Waals surface area contributed by atoms with E-state index < -0.39 is 23.7 Å². The number of nitrogens with two attached hydrogens (primary N) is 1. The first-order valence-corrected chi connectivity index (χ1v) is 11.4. The van der Waals surface area contributed by atoms with Crippen molar-refractivity contribution in [1.82, 2.24) is 9.78 Å². The summed E-state index contributed by atoms with van der Waals surface area (Å²) in [6.07, 6.45) is -0.258. The van der Waals surface area contributed by atoms with Crippen molar-refractivity contribution in [3.8, 4) is 17.4 Å². The predicted molar refractivity (Wildman–Crippen MR) is 130 cm³/mol. The molecule has 188 valence electrons. The fourth-order valence-electron chi connectivity index (χ4n) is 4.55. The van der Waals surface area contributed by atoms with E-state index in [0.717, 1.165) is 29.9 Å². The van der Waals surface area contributed by atoms with Crippen molar-refractivity contribution in [3.63, 3.8) is 0 Å². The zero-order valence-corrected chi connectivity index (χ0v) is 20.0. The third kappa shape index (κ3) is 4.88. The molecule has 0 spiro atoms. The number of furan rings is 1. The van der Waals surface area contributed by atoms with Crippen molar-refractivity contribution < 1.29 is 23.1 Å². The first-order valence-electron chi connectivity index (χ1n) is 11.4. The molecular weight excluding hydrogens is 467 g/mol. The van der Waals surface area contributed by atoms with Gasteiger partial charge in [-0.1, -0.05) is 0 Å². The van der Waals surface area contributed by atoms with Crippen LogP contribution in [-0.2, 0) is 10.3 Å². The molecule has 0 aliphatic heterocycles. The normalized spacial score (nSPS) is 21.4. The Balaban J connectivity index is 1.51. The van der Waals surface area contributed by atoms with Gasteiger partial charge in [-0.2, -0.15) is 10.4 Å². The Bertz CT molecular complexity index is 1290. The third-order valence-electron chi connectivity index (χ3n) is 6.51. The van der Waals surface area contributed by atoms with Gasteiger partial charge in [0.15, 0.2) is 5.82 Å². The summed E-state index contributed by atoms with van der Waals surface area (Å²) in [5, 5.41) is 19.4. The van der Waals surface area contributed by atoms with Crippen LogP contribution in [0.4, 0.5) is 20.7 Å². The molecule has 1 aromatic carbocycles. The lowest BCUT2D eigenvalue weighted by atomic mass is 9.76. The number of benzene rings is 1. The zero-order valence-electron chi connectivity index (χ0n) is 20.0. The lowest BCUT2D eigenvalue weighted by Gasteiger charge is -2.42. The molecule has 10 nitrogen and oxygen atoms in total. The Morgan fingerprint density at radius 2 is 2.08 bits per heavy atom. The minimum absolute atomic E-state index is 0.1000. The third-order valence-corrected chi connectivity index (χ3v) is 6.51. The molecule has 3 unspecified atom stereocenters. The maximum Gasteiger partial charge on any atom is 0.412 e. The molecule has 1 aliphatic carbocycles. The van der Waals surface area contributed by atoms with Crippen molar-refractivity contribution in [2.45, 2.75) is 50.4 Å². The molecule has 36 heavy (non-hydrogen) atoms. The Morgan fingerprint density at radius 3 is 2.67 bits per heavy atom. The average molecular weight is 495 g/mol. The molecule has 4 rings (SSSR count). The number of nitriles is 1. The summed E-state index contributed by atoms with van der Waals surface area (Å²) in [5.74, 6) is 0.611. The molecule has 3 aromatic rings. The maximum absolute atomic E-state index is 15.8. The predicted octanol–water partition coefficient (Wildman–Crippen LogP) is 4.34. The number of hydrogen-bond donors (Lipinski definition) is 3. The van der Waals surface area contributed by atoms with Crippen LogP contribution in [0.2, 0.25) is 0 Å². The van der Waals surface area contributed by atoms with Gasteiger partial charge >= 0.3 is 6.09 Å². The van der Waals surface area contributed by atoms with E-state index in [4.69, 9.17) is 10.2 Å². The topological polar surface area (TPSA) is 148 Å². The number of carbonyl (C=O) groups is 2. The molecule has 1 fully saturated rings. The summed E-state index contributed by atoms with van der Waals surface area (Å²) in [6, 6.07) is 13.4. The van der Waals surface area contributed by atoms with Gasteiger partial charge in [0.2, 0.25) is 0 Å². The Hall–Kier alpha value is -4.33. The SMILES string of the molecule is COC(=O)Nc1nn(C2(CC#N)CCC(Nc3ccc(-c4ccc(C)o4)cc3)CC2F)cc1C(N)=O. The second-order valence-corrected chi connectivity index (χ2v) is 8.83. The lowest BCUT2D eigenvalue weighted by Crippen LogP contribution is -2.50. The van der Waals surface area contributed by atoms with E-state index in [1.54, 1.807) is 0 Å². The molecule has 2 amide bonds.